The van der Waals surface area contributed by atoms with Crippen LogP contribution in [0, 0.1) is 6.92 Å². The molecule has 9 nitrogen and oxygen atoms in total. The number of likely N-dealkylation sites (tertiary alicyclic amines) is 1. The summed E-state index contributed by atoms with van der Waals surface area (Å²) in [5, 5.41) is 7.12. The van der Waals surface area contributed by atoms with Crippen molar-refractivity contribution < 1.29 is 41.8 Å². The van der Waals surface area contributed by atoms with Crippen molar-refractivity contribution in [3.63, 3.8) is 0 Å². The van der Waals surface area contributed by atoms with Gasteiger partial charge in [-0.25, -0.2) is 9.78 Å². The van der Waals surface area contributed by atoms with Gasteiger partial charge >= 0.3 is 12.1 Å². The van der Waals surface area contributed by atoms with Gasteiger partial charge in [-0.15, -0.1) is 0 Å². The van der Waals surface area contributed by atoms with Gasteiger partial charge in [0.2, 0.25) is 5.76 Å². The summed E-state index contributed by atoms with van der Waals surface area (Å²) in [5.41, 5.74) is 1.21. The van der Waals surface area contributed by atoms with Crippen LogP contribution in [0.3, 0.4) is 0 Å². The molecule has 0 aliphatic carbocycles. The topological polar surface area (TPSA) is 115 Å². The summed E-state index contributed by atoms with van der Waals surface area (Å²) in [6.45, 7) is 4.09. The van der Waals surface area contributed by atoms with Gasteiger partial charge in [0.25, 0.3) is 5.91 Å². The van der Waals surface area contributed by atoms with Gasteiger partial charge in [-0.2, -0.15) is 13.2 Å². The third-order valence-corrected chi connectivity index (χ3v) is 5.38. The standard InChI is InChI=1S/C19H23N3O4.C2HF3O2/c1-14-17(25-13-21-14)18(23)22-8-4-6-19(12-22)9-16(11-26-19)24-10-15-5-2-3-7-20-15;3-2(4,5)1(6)7/h2-3,5,7,13,16H,4,6,8-12H2,1H3;(H,6,7)/t16-,19+;/m1./s1. The van der Waals surface area contributed by atoms with E-state index in [2.05, 4.69) is 9.97 Å². The Hall–Kier alpha value is -2.99. The highest BCUT2D eigenvalue weighted by Gasteiger charge is 2.45. The lowest BCUT2D eigenvalue weighted by atomic mass is 9.89. The van der Waals surface area contributed by atoms with Gasteiger partial charge in [0.15, 0.2) is 6.39 Å². The highest BCUT2D eigenvalue weighted by Crippen LogP contribution is 2.36. The Morgan fingerprint density at radius 2 is 2.09 bits per heavy atom. The molecule has 1 N–H and O–H groups in total. The maximum absolute atomic E-state index is 12.7. The second kappa shape index (κ2) is 10.3. The van der Waals surface area contributed by atoms with Crippen LogP contribution in [0.2, 0.25) is 0 Å². The second-order valence-corrected chi connectivity index (χ2v) is 7.85. The molecule has 2 aliphatic heterocycles. The lowest BCUT2D eigenvalue weighted by molar-refractivity contribution is -0.192. The first kappa shape index (κ1) is 24.6. The normalized spacial score (nSPS) is 22.7. The average molecular weight is 471 g/mol. The summed E-state index contributed by atoms with van der Waals surface area (Å²) < 4.78 is 49.1. The Bertz CT molecular complexity index is 952. The first-order valence-corrected chi connectivity index (χ1v) is 10.2. The van der Waals surface area contributed by atoms with E-state index >= 15 is 0 Å². The third kappa shape index (κ3) is 6.51. The molecule has 4 rings (SSSR count). The van der Waals surface area contributed by atoms with E-state index < -0.39 is 12.1 Å². The van der Waals surface area contributed by atoms with Crippen LogP contribution in [0.5, 0.6) is 0 Å². The van der Waals surface area contributed by atoms with E-state index in [4.69, 9.17) is 23.8 Å². The zero-order valence-corrected chi connectivity index (χ0v) is 17.9. The molecular weight excluding hydrogens is 447 g/mol. The summed E-state index contributed by atoms with van der Waals surface area (Å²) in [6, 6.07) is 5.79. The van der Waals surface area contributed by atoms with Crippen LogP contribution in [0.15, 0.2) is 35.2 Å². The Morgan fingerprint density at radius 1 is 1.33 bits per heavy atom. The van der Waals surface area contributed by atoms with E-state index in [0.29, 0.717) is 37.8 Å². The number of aromatic nitrogens is 2. The van der Waals surface area contributed by atoms with Crippen molar-refractivity contribution in [2.75, 3.05) is 19.7 Å². The number of hydrogen-bond acceptors (Lipinski definition) is 7. The highest BCUT2D eigenvalue weighted by atomic mass is 19.4. The number of hydrogen-bond donors (Lipinski definition) is 1. The average Bonchev–Trinajstić information content (AvgIpc) is 3.38. The Morgan fingerprint density at radius 3 is 2.70 bits per heavy atom. The van der Waals surface area contributed by atoms with Gasteiger partial charge in [-0.1, -0.05) is 6.07 Å². The van der Waals surface area contributed by atoms with Gasteiger partial charge in [-0.05, 0) is 31.9 Å². The van der Waals surface area contributed by atoms with Gasteiger partial charge in [0.1, 0.15) is 0 Å². The molecule has 12 heteroatoms. The molecule has 2 aromatic rings. The minimum Gasteiger partial charge on any atom is -0.475 e. The van der Waals surface area contributed by atoms with Crippen molar-refractivity contribution >= 4 is 11.9 Å². The molecule has 0 radical (unpaired) electrons. The van der Waals surface area contributed by atoms with Crippen molar-refractivity contribution in [1.29, 1.82) is 0 Å². The largest absolute Gasteiger partial charge is 0.490 e. The Balaban J connectivity index is 0.000000383. The van der Waals surface area contributed by atoms with E-state index in [1.807, 2.05) is 23.1 Å². The lowest BCUT2D eigenvalue weighted by Crippen LogP contribution is -2.50. The predicted molar refractivity (Wildman–Crippen MR) is 106 cm³/mol. The van der Waals surface area contributed by atoms with E-state index in [1.165, 1.54) is 6.39 Å². The number of carbonyl (C=O) groups excluding carboxylic acids is 1. The fourth-order valence-electron chi connectivity index (χ4n) is 3.80. The van der Waals surface area contributed by atoms with Crippen LogP contribution in [0.4, 0.5) is 13.2 Å². The number of nitrogens with zero attached hydrogens (tertiary/aromatic N) is 3. The van der Waals surface area contributed by atoms with Gasteiger partial charge < -0.3 is 23.9 Å². The lowest BCUT2D eigenvalue weighted by Gasteiger charge is -2.39. The van der Waals surface area contributed by atoms with Gasteiger partial charge in [-0.3, -0.25) is 9.78 Å². The first-order chi connectivity index (χ1) is 15.6. The summed E-state index contributed by atoms with van der Waals surface area (Å²) in [4.78, 5) is 31.7. The van der Waals surface area contributed by atoms with Crippen molar-refractivity contribution in [3.05, 3.63) is 47.9 Å². The third-order valence-electron chi connectivity index (χ3n) is 5.38. The molecule has 1 amide bonds. The Kier molecular flexibility index (Phi) is 7.69. The summed E-state index contributed by atoms with van der Waals surface area (Å²) in [5.74, 6) is -2.55. The number of alkyl halides is 3. The number of amides is 1. The van der Waals surface area contributed by atoms with E-state index in [9.17, 15) is 18.0 Å². The van der Waals surface area contributed by atoms with Crippen molar-refractivity contribution in [1.82, 2.24) is 14.9 Å². The molecule has 2 saturated heterocycles. The molecule has 0 aromatic carbocycles. The molecule has 1 spiro atoms. The monoisotopic (exact) mass is 471 g/mol. The number of carboxylic acids is 1. The van der Waals surface area contributed by atoms with Gasteiger partial charge in [0.05, 0.1) is 42.9 Å². The number of carbonyl (C=O) groups is 2. The molecule has 0 saturated carbocycles. The molecule has 180 valence electrons. The van der Waals surface area contributed by atoms with E-state index in [1.54, 1.807) is 13.1 Å². The smallest absolute Gasteiger partial charge is 0.475 e. The number of aliphatic carboxylic acids is 1. The van der Waals surface area contributed by atoms with Crippen LogP contribution in [0.1, 0.15) is 41.2 Å². The number of rotatable bonds is 4. The minimum absolute atomic E-state index is 0.0269. The highest BCUT2D eigenvalue weighted by molar-refractivity contribution is 5.92. The number of pyridine rings is 1. The molecular formula is C21H24F3N3O6. The van der Waals surface area contributed by atoms with Crippen LogP contribution in [-0.4, -0.2) is 69.4 Å². The van der Waals surface area contributed by atoms with Gasteiger partial charge in [0, 0.05) is 19.2 Å². The number of carboxylic acid groups (broad SMARTS) is 1. The van der Waals surface area contributed by atoms with Crippen molar-refractivity contribution in [3.8, 4) is 0 Å². The zero-order chi connectivity index (χ0) is 24.1. The molecule has 4 heterocycles. The molecule has 0 bridgehead atoms. The van der Waals surface area contributed by atoms with Crippen LogP contribution < -0.4 is 0 Å². The fourth-order valence-corrected chi connectivity index (χ4v) is 3.80. The molecule has 2 atom stereocenters. The second-order valence-electron chi connectivity index (χ2n) is 7.85. The number of ether oxygens (including phenoxy) is 2. The molecule has 2 aliphatic rings. The fraction of sp³-hybridized carbons (Fsp3) is 0.524. The van der Waals surface area contributed by atoms with Crippen LogP contribution in [0.25, 0.3) is 0 Å². The quantitative estimate of drug-likeness (QED) is 0.724. The number of halogens is 3. The molecule has 2 aromatic heterocycles. The number of oxazole rings is 1. The maximum Gasteiger partial charge on any atom is 0.490 e. The van der Waals surface area contributed by atoms with Crippen molar-refractivity contribution in [2.45, 2.75) is 50.7 Å². The molecule has 0 unspecified atom stereocenters. The first-order valence-electron chi connectivity index (χ1n) is 10.2. The van der Waals surface area contributed by atoms with Crippen LogP contribution in [-0.2, 0) is 20.9 Å². The van der Waals surface area contributed by atoms with Crippen molar-refractivity contribution in [2.24, 2.45) is 0 Å². The van der Waals surface area contributed by atoms with E-state index in [-0.39, 0.29) is 17.6 Å². The summed E-state index contributed by atoms with van der Waals surface area (Å²) in [7, 11) is 0. The predicted octanol–water partition coefficient (Wildman–Crippen LogP) is 2.99. The summed E-state index contributed by atoms with van der Waals surface area (Å²) >= 11 is 0. The summed E-state index contributed by atoms with van der Waals surface area (Å²) in [6.07, 6.45) is 0.664. The maximum atomic E-state index is 12.7. The van der Waals surface area contributed by atoms with Crippen LogP contribution >= 0.6 is 0 Å². The SMILES string of the molecule is Cc1ncoc1C(=O)N1CCC[C@]2(C[C@@H](OCc3ccccn3)CO2)C1.O=C(O)C(F)(F)F. The zero-order valence-electron chi connectivity index (χ0n) is 17.9. The minimum atomic E-state index is -5.08. The number of aryl methyl sites for hydroxylation is 1. The number of piperidine rings is 1. The van der Waals surface area contributed by atoms with E-state index in [0.717, 1.165) is 25.0 Å². The Labute approximate surface area is 187 Å². The molecule has 33 heavy (non-hydrogen) atoms. The molecule has 2 fully saturated rings.